The van der Waals surface area contributed by atoms with Crippen LogP contribution in [0.3, 0.4) is 0 Å². The van der Waals surface area contributed by atoms with Crippen LogP contribution >= 0.6 is 11.6 Å². The Labute approximate surface area is 127 Å². The van der Waals surface area contributed by atoms with E-state index in [4.69, 9.17) is 17.3 Å². The van der Waals surface area contributed by atoms with Gasteiger partial charge in [0.15, 0.2) is 0 Å². The van der Waals surface area contributed by atoms with Crippen LogP contribution in [0.5, 0.6) is 0 Å². The van der Waals surface area contributed by atoms with Gasteiger partial charge in [-0.25, -0.2) is 0 Å². The first-order chi connectivity index (χ1) is 10.1. The van der Waals surface area contributed by atoms with Crippen LogP contribution in [0.4, 0.5) is 5.69 Å². The normalized spacial score (nSPS) is 15.9. The largest absolute Gasteiger partial charge is 0.349 e. The van der Waals surface area contributed by atoms with Crippen molar-refractivity contribution in [2.45, 2.75) is 25.4 Å². The van der Waals surface area contributed by atoms with Crippen LogP contribution in [0.1, 0.15) is 30.0 Å². The van der Waals surface area contributed by atoms with Gasteiger partial charge in [0.1, 0.15) is 0 Å². The Morgan fingerprint density at radius 1 is 1.43 bits per heavy atom. The first-order valence-corrected chi connectivity index (χ1v) is 7.27. The minimum atomic E-state index is -0.401. The van der Waals surface area contributed by atoms with E-state index in [0.29, 0.717) is 23.0 Å². The highest BCUT2D eigenvalue weighted by Crippen LogP contribution is 2.39. The van der Waals surface area contributed by atoms with Gasteiger partial charge in [0.25, 0.3) is 5.69 Å². The molecule has 1 saturated carbocycles. The van der Waals surface area contributed by atoms with Gasteiger partial charge in [-0.3, -0.25) is 10.1 Å². The molecule has 2 aromatic rings. The Morgan fingerprint density at radius 2 is 2.19 bits per heavy atom. The zero-order valence-electron chi connectivity index (χ0n) is 11.4. The van der Waals surface area contributed by atoms with Crippen molar-refractivity contribution in [1.29, 1.82) is 0 Å². The molecule has 6 heteroatoms. The lowest BCUT2D eigenvalue weighted by Gasteiger charge is -2.08. The fourth-order valence-electron chi connectivity index (χ4n) is 2.54. The van der Waals surface area contributed by atoms with Crippen molar-refractivity contribution in [3.63, 3.8) is 0 Å². The number of nitrogens with zero attached hydrogens (tertiary/aromatic N) is 2. The number of nitrogens with two attached hydrogens (primary N) is 1. The third kappa shape index (κ3) is 2.94. The molecule has 1 heterocycles. The van der Waals surface area contributed by atoms with Crippen molar-refractivity contribution >= 4 is 17.3 Å². The average Bonchev–Trinajstić information content (AvgIpc) is 3.20. The van der Waals surface area contributed by atoms with Gasteiger partial charge in [0, 0.05) is 24.5 Å². The molecule has 1 fully saturated rings. The highest BCUT2D eigenvalue weighted by atomic mass is 35.5. The molecule has 1 aromatic carbocycles. The van der Waals surface area contributed by atoms with Gasteiger partial charge in [-0.1, -0.05) is 17.7 Å². The van der Waals surface area contributed by atoms with E-state index in [1.54, 1.807) is 12.1 Å². The van der Waals surface area contributed by atoms with Crippen LogP contribution in [0, 0.1) is 16.0 Å². The van der Waals surface area contributed by atoms with Crippen molar-refractivity contribution in [2.24, 2.45) is 11.7 Å². The van der Waals surface area contributed by atoms with E-state index in [9.17, 15) is 10.1 Å². The molecule has 3 rings (SSSR count). The molecule has 1 atom stereocenters. The molecule has 1 aliphatic rings. The second-order valence-electron chi connectivity index (χ2n) is 5.48. The topological polar surface area (TPSA) is 74.1 Å². The number of nitro benzene ring substituents is 1. The fourth-order valence-corrected chi connectivity index (χ4v) is 2.77. The van der Waals surface area contributed by atoms with Crippen molar-refractivity contribution in [1.82, 2.24) is 4.57 Å². The van der Waals surface area contributed by atoms with Crippen molar-refractivity contribution in [3.8, 4) is 0 Å². The summed E-state index contributed by atoms with van der Waals surface area (Å²) in [6.07, 6.45) is 6.21. The maximum absolute atomic E-state index is 11.1. The molecule has 0 aliphatic heterocycles. The molecule has 2 N–H and O–H groups in total. The number of rotatable bonds is 5. The van der Waals surface area contributed by atoms with Crippen LogP contribution < -0.4 is 5.73 Å². The van der Waals surface area contributed by atoms with Gasteiger partial charge in [-0.2, -0.15) is 0 Å². The van der Waals surface area contributed by atoms with Gasteiger partial charge >= 0.3 is 0 Å². The number of hydrogen-bond acceptors (Lipinski definition) is 3. The average molecular weight is 306 g/mol. The molecule has 0 spiro atoms. The number of aromatic nitrogens is 1. The summed E-state index contributed by atoms with van der Waals surface area (Å²) in [6.45, 7) is 0.368. The molecular weight excluding hydrogens is 290 g/mol. The molecule has 0 amide bonds. The summed E-state index contributed by atoms with van der Waals surface area (Å²) < 4.78 is 1.89. The molecule has 21 heavy (non-hydrogen) atoms. The minimum Gasteiger partial charge on any atom is -0.349 e. The quantitative estimate of drug-likeness (QED) is 0.678. The summed E-state index contributed by atoms with van der Waals surface area (Å²) in [5.74, 6) is 0.579. The van der Waals surface area contributed by atoms with E-state index in [1.807, 2.05) is 23.0 Å². The van der Waals surface area contributed by atoms with Crippen molar-refractivity contribution < 1.29 is 4.92 Å². The Morgan fingerprint density at radius 3 is 2.86 bits per heavy atom. The smallest absolute Gasteiger partial charge is 0.275 e. The van der Waals surface area contributed by atoms with Crippen LogP contribution in [-0.4, -0.2) is 9.49 Å². The Hall–Kier alpha value is -1.85. The molecule has 1 unspecified atom stereocenters. The molecule has 5 nitrogen and oxygen atoms in total. The van der Waals surface area contributed by atoms with Gasteiger partial charge in [-0.05, 0) is 36.5 Å². The van der Waals surface area contributed by atoms with Gasteiger partial charge in [-0.15, -0.1) is 0 Å². The lowest BCUT2D eigenvalue weighted by molar-refractivity contribution is -0.385. The Balaban J connectivity index is 1.85. The van der Waals surface area contributed by atoms with E-state index < -0.39 is 4.92 Å². The van der Waals surface area contributed by atoms with Crippen LogP contribution in [-0.2, 0) is 6.54 Å². The molecule has 1 aromatic heterocycles. The zero-order valence-corrected chi connectivity index (χ0v) is 12.2. The highest BCUT2D eigenvalue weighted by Gasteiger charge is 2.30. The highest BCUT2D eigenvalue weighted by molar-refractivity contribution is 6.31. The van der Waals surface area contributed by atoms with Crippen molar-refractivity contribution in [3.05, 3.63) is 62.9 Å². The summed E-state index contributed by atoms with van der Waals surface area (Å²) in [5, 5.41) is 11.5. The summed E-state index contributed by atoms with van der Waals surface area (Å²) >= 11 is 6.11. The summed E-state index contributed by atoms with van der Waals surface area (Å²) in [6, 6.07) is 6.78. The van der Waals surface area contributed by atoms with E-state index in [1.165, 1.54) is 18.9 Å². The van der Waals surface area contributed by atoms with Gasteiger partial charge in [0.05, 0.1) is 22.1 Å². The maximum atomic E-state index is 11.1. The molecule has 110 valence electrons. The third-order valence-corrected chi connectivity index (χ3v) is 4.27. The standard InChI is InChI=1S/C15H16ClN3O2/c16-13-2-1-3-14(19(20)21)12(13)9-18-7-6-11(8-18)15(17)10-4-5-10/h1-3,6-8,10,15H,4-5,9,17H2. The Kier molecular flexibility index (Phi) is 3.69. The SMILES string of the molecule is NC(c1ccn(Cc2c(Cl)cccc2[N+](=O)[O-])c1)C1CC1. The maximum Gasteiger partial charge on any atom is 0.275 e. The van der Waals surface area contributed by atoms with E-state index >= 15 is 0 Å². The molecule has 0 saturated heterocycles. The molecule has 1 aliphatic carbocycles. The monoisotopic (exact) mass is 305 g/mol. The number of benzene rings is 1. The fraction of sp³-hybridized carbons (Fsp3) is 0.333. The predicted molar refractivity (Wildman–Crippen MR) is 81.3 cm³/mol. The Bertz CT molecular complexity index is 679. The lowest BCUT2D eigenvalue weighted by Crippen LogP contribution is -2.11. The first kappa shape index (κ1) is 14.1. The van der Waals surface area contributed by atoms with Crippen LogP contribution in [0.25, 0.3) is 0 Å². The minimum absolute atomic E-state index is 0.0456. The van der Waals surface area contributed by atoms with Crippen LogP contribution in [0.15, 0.2) is 36.7 Å². The molecular formula is C15H16ClN3O2. The zero-order chi connectivity index (χ0) is 15.0. The first-order valence-electron chi connectivity index (χ1n) is 6.89. The third-order valence-electron chi connectivity index (χ3n) is 3.92. The van der Waals surface area contributed by atoms with Gasteiger partial charge in [0.2, 0.25) is 0 Å². The lowest BCUT2D eigenvalue weighted by atomic mass is 10.1. The van der Waals surface area contributed by atoms with Gasteiger partial charge < -0.3 is 10.3 Å². The summed E-state index contributed by atoms with van der Waals surface area (Å²) in [5.41, 5.74) is 7.81. The van der Waals surface area contributed by atoms with E-state index in [-0.39, 0.29) is 11.7 Å². The molecule has 0 bridgehead atoms. The predicted octanol–water partition coefficient (Wildman–Crippen LogP) is 3.51. The van der Waals surface area contributed by atoms with Crippen molar-refractivity contribution in [2.75, 3.05) is 0 Å². The number of halogens is 1. The summed E-state index contributed by atoms with van der Waals surface area (Å²) in [4.78, 5) is 10.7. The second-order valence-corrected chi connectivity index (χ2v) is 5.88. The number of nitro groups is 1. The summed E-state index contributed by atoms with van der Waals surface area (Å²) in [7, 11) is 0. The van der Waals surface area contributed by atoms with E-state index in [0.717, 1.165) is 5.56 Å². The molecule has 0 radical (unpaired) electrons. The number of hydrogen-bond donors (Lipinski definition) is 1. The second kappa shape index (κ2) is 5.50. The van der Waals surface area contributed by atoms with Crippen LogP contribution in [0.2, 0.25) is 5.02 Å². The van der Waals surface area contributed by atoms with E-state index in [2.05, 4.69) is 0 Å².